The average Bonchev–Trinajstić information content (AvgIpc) is 2.81. The summed E-state index contributed by atoms with van der Waals surface area (Å²) in [6, 6.07) is -4.39. The summed E-state index contributed by atoms with van der Waals surface area (Å²) < 4.78 is 0. The molecule has 5 amide bonds. The standard InChI is InChI=1S/C30H55N5O5/c1-16(2)12-21-26(36)32-23(14-18(5)6)28(38)34-25(20(9)10)30(40)35(11)24(15-19(7)8)29(39)33-22(13-17(3)4)27(37)31-21/h16-25H,12-15H2,1-11H3,(H,31,37)(H,32,36)(H,33,39)(H,34,38)/t21-,22-,23-,24-,25-/m0/s1. The van der Waals surface area contributed by atoms with E-state index in [1.165, 1.54) is 4.90 Å². The monoisotopic (exact) mass is 565 g/mol. The second-order valence-corrected chi connectivity index (χ2v) is 13.4. The Morgan fingerprint density at radius 3 is 1.18 bits per heavy atom. The van der Waals surface area contributed by atoms with Crippen LogP contribution >= 0.6 is 0 Å². The Kier molecular flexibility index (Phi) is 14.1. The number of amides is 5. The number of likely N-dealkylation sites (N-methyl/N-ethyl adjacent to an activating group) is 1. The molecule has 4 N–H and O–H groups in total. The van der Waals surface area contributed by atoms with Crippen molar-refractivity contribution in [2.75, 3.05) is 7.05 Å². The van der Waals surface area contributed by atoms with Crippen LogP contribution in [0.5, 0.6) is 0 Å². The second kappa shape index (κ2) is 16.0. The number of hydrogen-bond donors (Lipinski definition) is 4. The third-order valence-corrected chi connectivity index (χ3v) is 7.06. The topological polar surface area (TPSA) is 137 Å². The van der Waals surface area contributed by atoms with Crippen molar-refractivity contribution in [1.82, 2.24) is 26.2 Å². The number of hydrogen-bond acceptors (Lipinski definition) is 5. The quantitative estimate of drug-likeness (QED) is 0.341. The van der Waals surface area contributed by atoms with Gasteiger partial charge in [0.25, 0.3) is 0 Å². The molecule has 40 heavy (non-hydrogen) atoms. The van der Waals surface area contributed by atoms with E-state index in [0.29, 0.717) is 25.7 Å². The molecule has 0 unspecified atom stereocenters. The Hall–Kier alpha value is -2.65. The zero-order valence-corrected chi connectivity index (χ0v) is 26.6. The van der Waals surface area contributed by atoms with Crippen molar-refractivity contribution in [3.8, 4) is 0 Å². The van der Waals surface area contributed by atoms with E-state index >= 15 is 0 Å². The van der Waals surface area contributed by atoms with Crippen LogP contribution in [0.2, 0.25) is 0 Å². The fourth-order valence-corrected chi connectivity index (χ4v) is 4.95. The van der Waals surface area contributed by atoms with Crippen LogP contribution in [0, 0.1) is 29.6 Å². The van der Waals surface area contributed by atoms with E-state index < -0.39 is 59.7 Å². The van der Waals surface area contributed by atoms with Crippen LogP contribution in [0.3, 0.4) is 0 Å². The fourth-order valence-electron chi connectivity index (χ4n) is 4.95. The smallest absolute Gasteiger partial charge is 0.245 e. The van der Waals surface area contributed by atoms with Crippen LogP contribution in [0.25, 0.3) is 0 Å². The molecule has 0 saturated carbocycles. The normalized spacial score (nSPS) is 26.1. The molecule has 0 aromatic rings. The van der Waals surface area contributed by atoms with Gasteiger partial charge in [-0.15, -0.1) is 0 Å². The third kappa shape index (κ3) is 11.1. The first-order valence-electron chi connectivity index (χ1n) is 14.9. The molecule has 1 aliphatic heterocycles. The summed E-state index contributed by atoms with van der Waals surface area (Å²) in [5.41, 5.74) is 0. The number of nitrogens with one attached hydrogen (secondary N) is 4. The van der Waals surface area contributed by atoms with Gasteiger partial charge in [-0.2, -0.15) is 0 Å². The molecule has 1 saturated heterocycles. The van der Waals surface area contributed by atoms with Gasteiger partial charge in [-0.25, -0.2) is 0 Å². The largest absolute Gasteiger partial charge is 0.343 e. The van der Waals surface area contributed by atoms with Gasteiger partial charge in [-0.05, 0) is 55.3 Å². The number of carbonyl (C=O) groups is 5. The Morgan fingerprint density at radius 2 is 0.850 bits per heavy atom. The van der Waals surface area contributed by atoms with E-state index in [9.17, 15) is 24.0 Å². The van der Waals surface area contributed by atoms with Gasteiger partial charge in [0.1, 0.15) is 30.2 Å². The first-order valence-corrected chi connectivity index (χ1v) is 14.9. The molecule has 1 aliphatic rings. The highest BCUT2D eigenvalue weighted by Crippen LogP contribution is 2.17. The zero-order valence-electron chi connectivity index (χ0n) is 26.6. The van der Waals surface area contributed by atoms with Crippen molar-refractivity contribution in [3.63, 3.8) is 0 Å². The Morgan fingerprint density at radius 1 is 0.525 bits per heavy atom. The molecule has 0 aliphatic carbocycles. The van der Waals surface area contributed by atoms with Gasteiger partial charge in [0.2, 0.25) is 29.5 Å². The van der Waals surface area contributed by atoms with Crippen LogP contribution in [0.15, 0.2) is 0 Å². The lowest BCUT2D eigenvalue weighted by molar-refractivity contribution is -0.144. The summed E-state index contributed by atoms with van der Waals surface area (Å²) in [6.45, 7) is 19.3. The summed E-state index contributed by atoms with van der Waals surface area (Å²) in [4.78, 5) is 69.4. The Balaban J connectivity index is 3.69. The maximum Gasteiger partial charge on any atom is 0.245 e. The lowest BCUT2D eigenvalue weighted by Crippen LogP contribution is -2.59. The molecule has 10 heteroatoms. The van der Waals surface area contributed by atoms with Crippen LogP contribution in [0.1, 0.15) is 94.9 Å². The molecule has 0 spiro atoms. The summed E-state index contributed by atoms with van der Waals surface area (Å²) in [5, 5.41) is 11.5. The minimum Gasteiger partial charge on any atom is -0.343 e. The van der Waals surface area contributed by atoms with E-state index in [0.717, 1.165) is 0 Å². The van der Waals surface area contributed by atoms with Gasteiger partial charge in [0.05, 0.1) is 0 Å². The van der Waals surface area contributed by atoms with E-state index in [2.05, 4.69) is 21.3 Å². The van der Waals surface area contributed by atoms with Gasteiger partial charge in [0.15, 0.2) is 0 Å². The number of rotatable bonds is 9. The van der Waals surface area contributed by atoms with Crippen molar-refractivity contribution in [1.29, 1.82) is 0 Å². The van der Waals surface area contributed by atoms with Crippen LogP contribution < -0.4 is 21.3 Å². The summed E-state index contributed by atoms with van der Waals surface area (Å²) >= 11 is 0. The van der Waals surface area contributed by atoms with Gasteiger partial charge >= 0.3 is 0 Å². The molecule has 10 nitrogen and oxygen atoms in total. The summed E-state index contributed by atoms with van der Waals surface area (Å²) in [5.74, 6) is -2.14. The molecule has 1 rings (SSSR count). The van der Waals surface area contributed by atoms with Crippen LogP contribution in [-0.2, 0) is 24.0 Å². The Bertz CT molecular complexity index is 886. The zero-order chi connectivity index (χ0) is 30.9. The van der Waals surface area contributed by atoms with Crippen molar-refractivity contribution in [2.24, 2.45) is 29.6 Å². The predicted octanol–water partition coefficient (Wildman–Crippen LogP) is 2.61. The number of nitrogens with zero attached hydrogens (tertiary/aromatic N) is 1. The highest BCUT2D eigenvalue weighted by Gasteiger charge is 2.38. The van der Waals surface area contributed by atoms with Crippen LogP contribution in [-0.4, -0.2) is 71.7 Å². The highest BCUT2D eigenvalue weighted by molar-refractivity contribution is 5.97. The van der Waals surface area contributed by atoms with Gasteiger partial charge in [-0.1, -0.05) is 69.2 Å². The molecule has 0 bridgehead atoms. The summed E-state index contributed by atoms with van der Waals surface area (Å²) in [7, 11) is 1.57. The van der Waals surface area contributed by atoms with Crippen molar-refractivity contribution in [2.45, 2.75) is 125 Å². The van der Waals surface area contributed by atoms with Gasteiger partial charge in [0, 0.05) is 7.05 Å². The minimum absolute atomic E-state index is 0.0832. The third-order valence-electron chi connectivity index (χ3n) is 7.06. The molecule has 0 aromatic carbocycles. The first-order chi connectivity index (χ1) is 18.4. The molecule has 230 valence electrons. The van der Waals surface area contributed by atoms with E-state index in [1.807, 2.05) is 69.2 Å². The van der Waals surface area contributed by atoms with E-state index in [1.54, 1.807) is 7.05 Å². The molecular weight excluding hydrogens is 510 g/mol. The highest BCUT2D eigenvalue weighted by atomic mass is 16.2. The van der Waals surface area contributed by atoms with E-state index in [-0.39, 0.29) is 29.6 Å². The van der Waals surface area contributed by atoms with Crippen molar-refractivity contribution >= 4 is 29.5 Å². The molecule has 0 aromatic heterocycles. The maximum absolute atomic E-state index is 13.8. The molecule has 0 radical (unpaired) electrons. The second-order valence-electron chi connectivity index (χ2n) is 13.4. The maximum atomic E-state index is 13.8. The molecule has 5 atom stereocenters. The molecule has 1 heterocycles. The fraction of sp³-hybridized carbons (Fsp3) is 0.833. The minimum atomic E-state index is -0.894. The predicted molar refractivity (Wildman–Crippen MR) is 157 cm³/mol. The SMILES string of the molecule is CC(C)C[C@@H]1NC(=O)[C@H](CC(C)C)NC(=O)[C@H](CC(C)C)N(C)C(=O)[C@H](C(C)C)NC(=O)[C@H](CC(C)C)NC1=O. The first kappa shape index (κ1) is 35.4. The lowest BCUT2D eigenvalue weighted by atomic mass is 9.96. The molecule has 1 fully saturated rings. The average molecular weight is 566 g/mol. The lowest BCUT2D eigenvalue weighted by Gasteiger charge is -2.34. The van der Waals surface area contributed by atoms with Crippen molar-refractivity contribution < 1.29 is 24.0 Å². The molecular formula is C30H55N5O5. The van der Waals surface area contributed by atoms with E-state index in [4.69, 9.17) is 0 Å². The van der Waals surface area contributed by atoms with Gasteiger partial charge in [-0.3, -0.25) is 24.0 Å². The van der Waals surface area contributed by atoms with Crippen molar-refractivity contribution in [3.05, 3.63) is 0 Å². The van der Waals surface area contributed by atoms with Crippen LogP contribution in [0.4, 0.5) is 0 Å². The summed E-state index contributed by atoms with van der Waals surface area (Å²) in [6.07, 6.45) is 1.47. The van der Waals surface area contributed by atoms with Gasteiger partial charge < -0.3 is 26.2 Å². The Labute approximate surface area is 241 Å². The number of carbonyl (C=O) groups excluding carboxylic acids is 5.